The number of carboxylic acid groups (broad SMARTS) is 1. The molecule has 0 saturated carbocycles. The van der Waals surface area contributed by atoms with Crippen LogP contribution in [0.4, 0.5) is 5.69 Å². The van der Waals surface area contributed by atoms with E-state index in [0.717, 1.165) is 50.7 Å². The lowest BCUT2D eigenvalue weighted by Crippen LogP contribution is -2.09. The lowest BCUT2D eigenvalue weighted by molar-refractivity contribution is 0.0698. The van der Waals surface area contributed by atoms with Crippen molar-refractivity contribution in [1.29, 1.82) is 0 Å². The van der Waals surface area contributed by atoms with Gasteiger partial charge in [-0.1, -0.05) is 83.5 Å². The number of halogens is 1. The number of aromatic nitrogens is 1. The lowest BCUT2D eigenvalue weighted by Gasteiger charge is -2.21. The predicted octanol–water partition coefficient (Wildman–Crippen LogP) is 9.66. The highest BCUT2D eigenvalue weighted by Gasteiger charge is 2.26. The van der Waals surface area contributed by atoms with Crippen LogP contribution in [0.25, 0.3) is 21.8 Å². The van der Waals surface area contributed by atoms with Gasteiger partial charge in [0.05, 0.1) is 16.9 Å². The van der Waals surface area contributed by atoms with Gasteiger partial charge in [-0.25, -0.2) is 4.79 Å². The molecule has 0 aliphatic heterocycles. The summed E-state index contributed by atoms with van der Waals surface area (Å²) in [5.41, 5.74) is 8.59. The molecule has 0 fully saturated rings. The number of aryl methyl sites for hydroxylation is 1. The first kappa shape index (κ1) is 26.9. The molecular weight excluding hydrogens is 548 g/mol. The maximum atomic E-state index is 11.8. The molecule has 0 spiro atoms. The van der Waals surface area contributed by atoms with Crippen LogP contribution in [0.1, 0.15) is 33.6 Å². The van der Waals surface area contributed by atoms with Gasteiger partial charge in [-0.15, -0.1) is 0 Å². The number of nitrogens with zero attached hydrogens (tertiary/aromatic N) is 2. The normalized spacial score (nSPS) is 13.0. The second-order valence-corrected chi connectivity index (χ2v) is 11.4. The summed E-state index contributed by atoms with van der Waals surface area (Å²) in [7, 11) is 0. The molecule has 1 heterocycles. The Bertz CT molecular complexity index is 1790. The molecule has 0 radical (unpaired) electrons. The molecule has 1 aliphatic carbocycles. The van der Waals surface area contributed by atoms with Crippen LogP contribution >= 0.6 is 23.4 Å². The van der Waals surface area contributed by atoms with E-state index in [4.69, 9.17) is 11.6 Å². The van der Waals surface area contributed by atoms with Crippen LogP contribution in [0, 0.1) is 6.92 Å². The average Bonchev–Trinajstić information content (AvgIpc) is 3.39. The summed E-state index contributed by atoms with van der Waals surface area (Å²) in [6, 6.07) is 36.1. The number of benzene rings is 4. The number of fused-ring (bicyclic) bond motifs is 1. The second kappa shape index (κ2) is 11.7. The van der Waals surface area contributed by atoms with Crippen molar-refractivity contribution in [3.63, 3.8) is 0 Å². The molecule has 41 heavy (non-hydrogen) atoms. The number of thioether (sulfide) groups is 1. The number of para-hydroxylation sites is 1. The minimum absolute atomic E-state index is 0.189. The zero-order chi connectivity index (χ0) is 28.3. The molecule has 5 aromatic rings. The quantitative estimate of drug-likeness (QED) is 0.197. The summed E-state index contributed by atoms with van der Waals surface area (Å²) < 4.78 is 2.34. The summed E-state index contributed by atoms with van der Waals surface area (Å²) in [4.78, 5) is 18.7. The van der Waals surface area contributed by atoms with Crippen molar-refractivity contribution in [3.8, 4) is 16.9 Å². The first-order valence-electron chi connectivity index (χ1n) is 13.4. The van der Waals surface area contributed by atoms with Crippen LogP contribution in [0.2, 0.25) is 5.02 Å². The van der Waals surface area contributed by atoms with Crippen molar-refractivity contribution in [2.75, 3.05) is 0 Å². The van der Waals surface area contributed by atoms with Gasteiger partial charge in [0.25, 0.3) is 0 Å². The Kier molecular flexibility index (Phi) is 7.64. The van der Waals surface area contributed by atoms with E-state index in [0.29, 0.717) is 10.7 Å². The monoisotopic (exact) mass is 574 g/mol. The van der Waals surface area contributed by atoms with Gasteiger partial charge in [-0.2, -0.15) is 0 Å². The van der Waals surface area contributed by atoms with Gasteiger partial charge >= 0.3 is 5.97 Å². The Morgan fingerprint density at radius 2 is 1.61 bits per heavy atom. The van der Waals surface area contributed by atoms with E-state index in [1.807, 2.05) is 30.5 Å². The largest absolute Gasteiger partial charge is 0.478 e. The van der Waals surface area contributed by atoms with Crippen LogP contribution in [0.3, 0.4) is 0 Å². The number of aliphatic imine (C=N–C) groups is 1. The van der Waals surface area contributed by atoms with Gasteiger partial charge in [-0.05, 0) is 85.5 Å². The van der Waals surface area contributed by atoms with Gasteiger partial charge in [0, 0.05) is 38.0 Å². The predicted molar refractivity (Wildman–Crippen MR) is 170 cm³/mol. The van der Waals surface area contributed by atoms with Crippen molar-refractivity contribution in [2.45, 2.75) is 24.7 Å². The maximum absolute atomic E-state index is 11.8. The van der Waals surface area contributed by atoms with E-state index < -0.39 is 5.97 Å². The van der Waals surface area contributed by atoms with Crippen molar-refractivity contribution in [2.24, 2.45) is 4.99 Å². The number of aromatic carboxylic acids is 1. The lowest BCUT2D eigenvalue weighted by atomic mass is 9.97. The van der Waals surface area contributed by atoms with E-state index in [1.165, 1.54) is 11.3 Å². The van der Waals surface area contributed by atoms with Crippen molar-refractivity contribution in [3.05, 3.63) is 142 Å². The maximum Gasteiger partial charge on any atom is 0.337 e. The Morgan fingerprint density at radius 3 is 2.34 bits per heavy atom. The molecule has 1 aliphatic rings. The van der Waals surface area contributed by atoms with Crippen molar-refractivity contribution < 1.29 is 9.90 Å². The Hall–Kier alpha value is -4.32. The average molecular weight is 575 g/mol. The fourth-order valence-corrected chi connectivity index (χ4v) is 6.33. The molecule has 0 bridgehead atoms. The van der Waals surface area contributed by atoms with E-state index in [1.54, 1.807) is 30.0 Å². The number of hydrogen-bond acceptors (Lipinski definition) is 3. The number of hydrogen-bond donors (Lipinski definition) is 1. The van der Waals surface area contributed by atoms with Gasteiger partial charge in [-0.3, -0.25) is 4.99 Å². The SMILES string of the molecule is Cc1ccc(SC2=C(C=Nc3ccccc3C(=O)O)CCc3c2cc(-c2ccccc2)n3-c2ccc(Cl)cc2)cc1. The summed E-state index contributed by atoms with van der Waals surface area (Å²) in [6.45, 7) is 2.09. The molecular formula is C35H27ClN2O2S. The summed E-state index contributed by atoms with van der Waals surface area (Å²) >= 11 is 7.98. The third kappa shape index (κ3) is 5.64. The van der Waals surface area contributed by atoms with E-state index in [9.17, 15) is 9.90 Å². The molecule has 1 aromatic heterocycles. The van der Waals surface area contributed by atoms with E-state index >= 15 is 0 Å². The molecule has 4 nitrogen and oxygen atoms in total. The van der Waals surface area contributed by atoms with Gasteiger partial charge in [0.15, 0.2) is 0 Å². The van der Waals surface area contributed by atoms with Crippen LogP contribution in [0.15, 0.2) is 125 Å². The minimum atomic E-state index is -0.987. The molecule has 4 aromatic carbocycles. The van der Waals surface area contributed by atoms with E-state index in [-0.39, 0.29) is 5.56 Å². The van der Waals surface area contributed by atoms with Gasteiger partial charge in [0.2, 0.25) is 0 Å². The Morgan fingerprint density at radius 1 is 0.902 bits per heavy atom. The van der Waals surface area contributed by atoms with Crippen LogP contribution in [-0.2, 0) is 6.42 Å². The van der Waals surface area contributed by atoms with Gasteiger partial charge in [0.1, 0.15) is 0 Å². The third-order valence-electron chi connectivity index (χ3n) is 7.16. The number of carboxylic acids is 1. The zero-order valence-electron chi connectivity index (χ0n) is 22.4. The summed E-state index contributed by atoms with van der Waals surface area (Å²) in [6.07, 6.45) is 3.43. The highest BCUT2D eigenvalue weighted by Crippen LogP contribution is 2.46. The molecule has 0 saturated heterocycles. The molecule has 1 N–H and O–H groups in total. The Balaban J connectivity index is 1.54. The van der Waals surface area contributed by atoms with Crippen molar-refractivity contribution in [1.82, 2.24) is 4.57 Å². The number of allylic oxidation sites excluding steroid dienone is 1. The summed E-state index contributed by atoms with van der Waals surface area (Å²) in [5, 5.41) is 10.4. The fraction of sp³-hybridized carbons (Fsp3) is 0.0857. The van der Waals surface area contributed by atoms with Gasteiger partial charge < -0.3 is 9.67 Å². The zero-order valence-corrected chi connectivity index (χ0v) is 24.0. The Labute approximate surface area is 248 Å². The third-order valence-corrected chi connectivity index (χ3v) is 8.61. The highest BCUT2D eigenvalue weighted by atomic mass is 35.5. The second-order valence-electron chi connectivity index (χ2n) is 9.92. The topological polar surface area (TPSA) is 54.6 Å². The highest BCUT2D eigenvalue weighted by molar-refractivity contribution is 8.08. The first-order valence-corrected chi connectivity index (χ1v) is 14.6. The summed E-state index contributed by atoms with van der Waals surface area (Å²) in [5.74, 6) is -0.987. The minimum Gasteiger partial charge on any atom is -0.478 e. The molecule has 0 unspecified atom stereocenters. The molecule has 0 atom stereocenters. The van der Waals surface area contributed by atoms with E-state index in [2.05, 4.69) is 83.2 Å². The number of carbonyl (C=O) groups is 1. The number of rotatable bonds is 7. The smallest absolute Gasteiger partial charge is 0.337 e. The standard InChI is InChI=1S/C35H27ClN2O2S/c1-23-11-18-28(19-12-23)41-34-25(22-37-31-10-6-5-9-29(31)35(39)40)13-20-32-30(34)21-33(24-7-3-2-4-8-24)38(32)27-16-14-26(36)15-17-27/h2-12,14-19,21-22H,13,20H2,1H3,(H,39,40). The van der Waals surface area contributed by atoms with Crippen molar-refractivity contribution >= 4 is 46.1 Å². The molecule has 0 amide bonds. The van der Waals surface area contributed by atoms with Crippen LogP contribution < -0.4 is 0 Å². The fourth-order valence-electron chi connectivity index (χ4n) is 5.12. The first-order chi connectivity index (χ1) is 20.0. The molecule has 6 rings (SSSR count). The van der Waals surface area contributed by atoms with Crippen LogP contribution in [-0.4, -0.2) is 21.9 Å². The molecule has 6 heteroatoms. The van der Waals surface area contributed by atoms with Crippen LogP contribution in [0.5, 0.6) is 0 Å². The molecule has 202 valence electrons.